The van der Waals surface area contributed by atoms with Gasteiger partial charge < -0.3 is 14.5 Å². The van der Waals surface area contributed by atoms with Gasteiger partial charge in [0.2, 0.25) is 15.9 Å². The van der Waals surface area contributed by atoms with Gasteiger partial charge in [0.15, 0.2) is 0 Å². The highest BCUT2D eigenvalue weighted by atomic mass is 32.2. The number of carbonyl (C=O) groups excluding carboxylic acids is 1. The highest BCUT2D eigenvalue weighted by molar-refractivity contribution is 7.89. The van der Waals surface area contributed by atoms with Crippen LogP contribution in [-0.4, -0.2) is 47.9 Å². The van der Waals surface area contributed by atoms with Gasteiger partial charge in [0.25, 0.3) is 0 Å². The molecule has 1 saturated carbocycles. The van der Waals surface area contributed by atoms with Crippen molar-refractivity contribution in [3.05, 3.63) is 54.5 Å². The van der Waals surface area contributed by atoms with Crippen LogP contribution in [0.5, 0.6) is 0 Å². The molecule has 2 fully saturated rings. The zero-order valence-electron chi connectivity index (χ0n) is 18.3. The standard InChI is InChI=1S/C24H27N5O3S/c25-17-19-2-1-12-28(19)13-6-21(23(30)29-14-9-24(7-8-24)10-15-29)27-33(31,32)20-4-3-18-5-11-26-22(18)16-20/h1-5,11-12,16,21,26-27H,6-10,13-15H2. The molecule has 2 aromatic heterocycles. The molecule has 1 atom stereocenters. The molecule has 1 aliphatic heterocycles. The van der Waals surface area contributed by atoms with E-state index in [1.54, 1.807) is 52.2 Å². The molecule has 0 radical (unpaired) electrons. The van der Waals surface area contributed by atoms with Crippen molar-refractivity contribution < 1.29 is 13.2 Å². The minimum absolute atomic E-state index is 0.115. The summed E-state index contributed by atoms with van der Waals surface area (Å²) in [5.74, 6) is -0.194. The third-order valence-electron chi connectivity index (χ3n) is 7.13. The van der Waals surface area contributed by atoms with E-state index in [1.807, 2.05) is 6.07 Å². The van der Waals surface area contributed by atoms with Crippen LogP contribution in [0, 0.1) is 16.7 Å². The van der Waals surface area contributed by atoms with Gasteiger partial charge in [0.05, 0.1) is 4.90 Å². The Hall–Kier alpha value is -3.09. The van der Waals surface area contributed by atoms with Crippen molar-refractivity contribution in [2.45, 2.75) is 49.6 Å². The predicted molar refractivity (Wildman–Crippen MR) is 124 cm³/mol. The number of fused-ring (bicyclic) bond motifs is 1. The summed E-state index contributed by atoms with van der Waals surface area (Å²) in [4.78, 5) is 18.4. The molecule has 1 aromatic carbocycles. The maximum absolute atomic E-state index is 13.4. The summed E-state index contributed by atoms with van der Waals surface area (Å²) < 4.78 is 30.9. The summed E-state index contributed by atoms with van der Waals surface area (Å²) in [7, 11) is -3.92. The number of nitrogens with zero attached hydrogens (tertiary/aromatic N) is 3. The molecular weight excluding hydrogens is 438 g/mol. The van der Waals surface area contributed by atoms with E-state index in [0.29, 0.717) is 30.7 Å². The first kappa shape index (κ1) is 21.7. The van der Waals surface area contributed by atoms with Crippen LogP contribution in [0.1, 0.15) is 37.8 Å². The first-order chi connectivity index (χ1) is 15.9. The molecule has 3 heterocycles. The van der Waals surface area contributed by atoms with Crippen LogP contribution in [0.3, 0.4) is 0 Å². The molecule has 1 unspecified atom stereocenters. The van der Waals surface area contributed by atoms with Crippen LogP contribution in [0.25, 0.3) is 10.9 Å². The second kappa shape index (κ2) is 8.36. The number of amides is 1. The second-order valence-corrected chi connectivity index (χ2v) is 10.9. The zero-order chi connectivity index (χ0) is 23.1. The average molecular weight is 466 g/mol. The number of sulfonamides is 1. The molecule has 1 spiro atoms. The van der Waals surface area contributed by atoms with E-state index in [2.05, 4.69) is 15.8 Å². The summed E-state index contributed by atoms with van der Waals surface area (Å²) >= 11 is 0. The lowest BCUT2D eigenvalue weighted by Crippen LogP contribution is -2.51. The van der Waals surface area contributed by atoms with Gasteiger partial charge in [-0.25, -0.2) is 8.42 Å². The summed E-state index contributed by atoms with van der Waals surface area (Å²) in [6.07, 6.45) is 8.22. The zero-order valence-corrected chi connectivity index (χ0v) is 19.1. The van der Waals surface area contributed by atoms with Crippen LogP contribution in [0.15, 0.2) is 53.7 Å². The number of aromatic amines is 1. The van der Waals surface area contributed by atoms with Crippen molar-refractivity contribution in [3.63, 3.8) is 0 Å². The number of H-pyrrole nitrogens is 1. The Kier molecular flexibility index (Phi) is 5.51. The molecule has 0 bridgehead atoms. The number of hydrogen-bond acceptors (Lipinski definition) is 4. The molecular formula is C24H27N5O3S. The van der Waals surface area contributed by atoms with Crippen LogP contribution in [0.2, 0.25) is 0 Å². The fourth-order valence-electron chi connectivity index (χ4n) is 4.76. The molecule has 2 aliphatic rings. The average Bonchev–Trinajstić information content (AvgIpc) is 3.22. The van der Waals surface area contributed by atoms with E-state index in [9.17, 15) is 18.5 Å². The summed E-state index contributed by atoms with van der Waals surface area (Å²) in [5, 5.41) is 10.2. The normalized spacial score (nSPS) is 18.3. The molecule has 2 N–H and O–H groups in total. The van der Waals surface area contributed by atoms with Crippen molar-refractivity contribution in [2.24, 2.45) is 5.41 Å². The molecule has 9 heteroatoms. The number of likely N-dealkylation sites (tertiary alicyclic amines) is 1. The van der Waals surface area contributed by atoms with E-state index in [4.69, 9.17) is 0 Å². The van der Waals surface area contributed by atoms with Crippen LogP contribution >= 0.6 is 0 Å². The Bertz CT molecular complexity index is 1320. The smallest absolute Gasteiger partial charge is 0.241 e. The number of carbonyl (C=O) groups is 1. The number of nitrogens with one attached hydrogen (secondary N) is 2. The fraction of sp³-hybridized carbons (Fsp3) is 0.417. The molecule has 8 nitrogen and oxygen atoms in total. The van der Waals surface area contributed by atoms with E-state index in [1.165, 1.54) is 12.8 Å². The van der Waals surface area contributed by atoms with Gasteiger partial charge in [-0.3, -0.25) is 4.79 Å². The molecule has 3 aromatic rings. The van der Waals surface area contributed by atoms with Crippen molar-refractivity contribution in [1.82, 2.24) is 19.2 Å². The Morgan fingerprint density at radius 2 is 1.97 bits per heavy atom. The third kappa shape index (κ3) is 4.41. The first-order valence-corrected chi connectivity index (χ1v) is 12.8. The highest BCUT2D eigenvalue weighted by Gasteiger charge is 2.45. The summed E-state index contributed by atoms with van der Waals surface area (Å²) in [5.41, 5.74) is 1.62. The molecule has 1 aliphatic carbocycles. The fourth-order valence-corrected chi connectivity index (χ4v) is 6.01. The van der Waals surface area contributed by atoms with E-state index < -0.39 is 16.1 Å². The minimum atomic E-state index is -3.92. The lowest BCUT2D eigenvalue weighted by Gasteiger charge is -2.34. The molecule has 5 rings (SSSR count). The number of aromatic nitrogens is 2. The second-order valence-electron chi connectivity index (χ2n) is 9.21. The monoisotopic (exact) mass is 465 g/mol. The van der Waals surface area contributed by atoms with Crippen LogP contribution in [0.4, 0.5) is 0 Å². The Morgan fingerprint density at radius 3 is 2.70 bits per heavy atom. The lowest BCUT2D eigenvalue weighted by atomic mass is 9.93. The number of benzene rings is 1. The van der Waals surface area contributed by atoms with Crippen LogP contribution in [-0.2, 0) is 21.4 Å². The molecule has 1 amide bonds. The SMILES string of the molecule is N#Cc1cccn1CCC(NS(=O)(=O)c1ccc2cc[nH]c2c1)C(=O)N1CCC2(CC1)CC2. The van der Waals surface area contributed by atoms with E-state index >= 15 is 0 Å². The van der Waals surface area contributed by atoms with Gasteiger partial charge in [-0.15, -0.1) is 0 Å². The predicted octanol–water partition coefficient (Wildman–Crippen LogP) is 2.98. The van der Waals surface area contributed by atoms with Gasteiger partial charge in [-0.05, 0) is 73.2 Å². The van der Waals surface area contributed by atoms with Gasteiger partial charge in [0, 0.05) is 37.5 Å². The van der Waals surface area contributed by atoms with Gasteiger partial charge in [-0.1, -0.05) is 6.07 Å². The molecule has 172 valence electrons. The largest absolute Gasteiger partial charge is 0.361 e. The number of nitriles is 1. The third-order valence-corrected chi connectivity index (χ3v) is 8.60. The van der Waals surface area contributed by atoms with Crippen LogP contribution < -0.4 is 4.72 Å². The van der Waals surface area contributed by atoms with Gasteiger partial charge >= 0.3 is 0 Å². The van der Waals surface area contributed by atoms with Crippen molar-refractivity contribution in [3.8, 4) is 6.07 Å². The quantitative estimate of drug-likeness (QED) is 0.559. The van der Waals surface area contributed by atoms with Gasteiger partial charge in [0.1, 0.15) is 17.8 Å². The maximum Gasteiger partial charge on any atom is 0.241 e. The molecule has 1 saturated heterocycles. The molecule has 33 heavy (non-hydrogen) atoms. The van der Waals surface area contributed by atoms with Gasteiger partial charge in [-0.2, -0.15) is 9.98 Å². The first-order valence-electron chi connectivity index (χ1n) is 11.3. The number of hydrogen-bond donors (Lipinski definition) is 2. The summed E-state index contributed by atoms with van der Waals surface area (Å²) in [6.45, 7) is 1.69. The Morgan fingerprint density at radius 1 is 1.18 bits per heavy atom. The lowest BCUT2D eigenvalue weighted by molar-refractivity contribution is -0.134. The summed E-state index contributed by atoms with van der Waals surface area (Å²) in [6, 6.07) is 11.4. The van der Waals surface area contributed by atoms with E-state index in [0.717, 1.165) is 23.7 Å². The topological polar surface area (TPSA) is 111 Å². The minimum Gasteiger partial charge on any atom is -0.361 e. The highest BCUT2D eigenvalue weighted by Crippen LogP contribution is 2.53. The van der Waals surface area contributed by atoms with E-state index in [-0.39, 0.29) is 17.2 Å². The van der Waals surface area contributed by atoms with Crippen molar-refractivity contribution >= 4 is 26.8 Å². The van der Waals surface area contributed by atoms with Crippen molar-refractivity contribution in [2.75, 3.05) is 13.1 Å². The Labute approximate surface area is 193 Å². The van der Waals surface area contributed by atoms with Crippen molar-refractivity contribution in [1.29, 1.82) is 5.26 Å². The number of rotatable bonds is 7. The number of piperidine rings is 1. The number of aryl methyl sites for hydroxylation is 1. The Balaban J connectivity index is 1.37. The maximum atomic E-state index is 13.4.